The highest BCUT2D eigenvalue weighted by atomic mass is 32.1. The standard InChI is InChI=1S/C19H21N3O4S/c1-2-26-18(24)16-13-8-4-6-10-15(13)27-17(16)21-19(25)22-20-11-12-7-3-5-9-14(12)23/h3,5,7,9,11,23H,2,4,6,8,10H2,1H3,(H2,21,22,25). The van der Waals surface area contributed by atoms with Gasteiger partial charge in [0.25, 0.3) is 0 Å². The number of urea groups is 1. The first-order valence-corrected chi connectivity index (χ1v) is 9.61. The third-order valence-electron chi connectivity index (χ3n) is 4.18. The summed E-state index contributed by atoms with van der Waals surface area (Å²) in [4.78, 5) is 25.7. The second kappa shape index (κ2) is 8.68. The number of esters is 1. The number of amides is 2. The van der Waals surface area contributed by atoms with E-state index in [1.54, 1.807) is 25.1 Å². The molecule has 27 heavy (non-hydrogen) atoms. The van der Waals surface area contributed by atoms with Crippen molar-refractivity contribution in [1.29, 1.82) is 0 Å². The number of carbonyl (C=O) groups excluding carboxylic acids is 2. The fraction of sp³-hybridized carbons (Fsp3) is 0.316. The van der Waals surface area contributed by atoms with Crippen LogP contribution in [0.1, 0.15) is 46.1 Å². The largest absolute Gasteiger partial charge is 0.507 e. The van der Waals surface area contributed by atoms with Crippen LogP contribution in [0.15, 0.2) is 29.4 Å². The van der Waals surface area contributed by atoms with E-state index in [4.69, 9.17) is 4.74 Å². The number of thiophene rings is 1. The molecule has 0 bridgehead atoms. The summed E-state index contributed by atoms with van der Waals surface area (Å²) in [6.07, 6.45) is 5.16. The highest BCUT2D eigenvalue weighted by Gasteiger charge is 2.27. The van der Waals surface area contributed by atoms with Gasteiger partial charge in [-0.2, -0.15) is 5.10 Å². The topological polar surface area (TPSA) is 100 Å². The lowest BCUT2D eigenvalue weighted by Crippen LogP contribution is -2.25. The Morgan fingerprint density at radius 2 is 2.07 bits per heavy atom. The first kappa shape index (κ1) is 18.9. The van der Waals surface area contributed by atoms with Crippen LogP contribution in [-0.4, -0.2) is 29.9 Å². The molecule has 1 aromatic carbocycles. The Bertz CT molecular complexity index is 876. The Morgan fingerprint density at radius 3 is 2.85 bits per heavy atom. The van der Waals surface area contributed by atoms with E-state index in [0.717, 1.165) is 36.1 Å². The minimum Gasteiger partial charge on any atom is -0.507 e. The van der Waals surface area contributed by atoms with Crippen LogP contribution in [0.4, 0.5) is 9.80 Å². The molecular formula is C19H21N3O4S. The lowest BCUT2D eigenvalue weighted by molar-refractivity contribution is 0.0526. The maximum absolute atomic E-state index is 12.4. The number of fused-ring (bicyclic) bond motifs is 1. The Hall–Kier alpha value is -2.87. The number of aromatic hydroxyl groups is 1. The normalized spacial score (nSPS) is 13.2. The maximum atomic E-state index is 12.4. The van der Waals surface area contributed by atoms with E-state index in [9.17, 15) is 14.7 Å². The molecule has 0 aliphatic heterocycles. The summed E-state index contributed by atoms with van der Waals surface area (Å²) in [5.74, 6) is -0.344. The van der Waals surface area contributed by atoms with Gasteiger partial charge in [-0.25, -0.2) is 15.0 Å². The number of para-hydroxylation sites is 1. The zero-order chi connectivity index (χ0) is 19.2. The number of hydrogen-bond donors (Lipinski definition) is 3. The zero-order valence-electron chi connectivity index (χ0n) is 14.9. The number of ether oxygens (including phenoxy) is 1. The van der Waals surface area contributed by atoms with Crippen molar-refractivity contribution in [3.05, 3.63) is 45.8 Å². The van der Waals surface area contributed by atoms with Crippen LogP contribution in [0.2, 0.25) is 0 Å². The lowest BCUT2D eigenvalue weighted by atomic mass is 9.95. The smallest absolute Gasteiger partial charge is 0.341 e. The van der Waals surface area contributed by atoms with Gasteiger partial charge in [0, 0.05) is 10.4 Å². The average Bonchev–Trinajstić information content (AvgIpc) is 3.01. The van der Waals surface area contributed by atoms with Crippen molar-refractivity contribution >= 4 is 34.6 Å². The highest BCUT2D eigenvalue weighted by Crippen LogP contribution is 2.38. The molecule has 2 amide bonds. The predicted molar refractivity (Wildman–Crippen MR) is 105 cm³/mol. The molecule has 0 spiro atoms. The van der Waals surface area contributed by atoms with Crippen LogP contribution in [-0.2, 0) is 17.6 Å². The summed E-state index contributed by atoms with van der Waals surface area (Å²) in [6, 6.07) is 6.09. The van der Waals surface area contributed by atoms with Crippen LogP contribution in [0, 0.1) is 0 Å². The molecule has 0 saturated carbocycles. The zero-order valence-corrected chi connectivity index (χ0v) is 15.8. The molecule has 7 nitrogen and oxygen atoms in total. The second-order valence-corrected chi connectivity index (χ2v) is 7.12. The number of anilines is 1. The number of aryl methyl sites for hydroxylation is 1. The molecule has 0 unspecified atom stereocenters. The van der Waals surface area contributed by atoms with Gasteiger partial charge in [-0.05, 0) is 50.3 Å². The summed E-state index contributed by atoms with van der Waals surface area (Å²) in [5, 5.41) is 16.7. The third kappa shape index (κ3) is 4.46. The quantitative estimate of drug-likeness (QED) is 0.414. The maximum Gasteiger partial charge on any atom is 0.341 e. The lowest BCUT2D eigenvalue weighted by Gasteiger charge is -2.12. The molecule has 3 rings (SSSR count). The van der Waals surface area contributed by atoms with E-state index in [-0.39, 0.29) is 12.4 Å². The van der Waals surface area contributed by atoms with E-state index in [1.165, 1.54) is 23.6 Å². The monoisotopic (exact) mass is 387 g/mol. The molecule has 0 fully saturated rings. The van der Waals surface area contributed by atoms with E-state index in [0.29, 0.717) is 16.1 Å². The van der Waals surface area contributed by atoms with Crippen molar-refractivity contribution in [3.8, 4) is 5.75 Å². The molecule has 0 radical (unpaired) electrons. The summed E-state index contributed by atoms with van der Waals surface area (Å²) in [6.45, 7) is 2.03. The molecule has 1 aliphatic rings. The number of phenols is 1. The Kier molecular flexibility index (Phi) is 6.08. The number of hydrazone groups is 1. The van der Waals surface area contributed by atoms with Gasteiger partial charge in [0.1, 0.15) is 10.8 Å². The molecule has 0 saturated heterocycles. The highest BCUT2D eigenvalue weighted by molar-refractivity contribution is 7.17. The van der Waals surface area contributed by atoms with Crippen molar-refractivity contribution in [2.45, 2.75) is 32.6 Å². The summed E-state index contributed by atoms with van der Waals surface area (Å²) in [5.41, 5.74) is 4.27. The number of hydrogen-bond acceptors (Lipinski definition) is 6. The van der Waals surface area contributed by atoms with Crippen LogP contribution < -0.4 is 10.7 Å². The number of carbonyl (C=O) groups is 2. The van der Waals surface area contributed by atoms with Gasteiger partial charge >= 0.3 is 12.0 Å². The second-order valence-electron chi connectivity index (χ2n) is 6.02. The predicted octanol–water partition coefficient (Wildman–Crippen LogP) is 3.66. The van der Waals surface area contributed by atoms with Gasteiger partial charge in [-0.1, -0.05) is 12.1 Å². The molecule has 1 aromatic heterocycles. The van der Waals surface area contributed by atoms with Crippen molar-refractivity contribution in [2.75, 3.05) is 11.9 Å². The SMILES string of the molecule is CCOC(=O)c1c(NC(=O)NN=Cc2ccccc2O)sc2c1CCCC2. The molecule has 2 aromatic rings. The van der Waals surface area contributed by atoms with Crippen LogP contribution in [0.25, 0.3) is 0 Å². The number of benzene rings is 1. The van der Waals surface area contributed by atoms with Gasteiger partial charge in [0.2, 0.25) is 0 Å². The van der Waals surface area contributed by atoms with E-state index >= 15 is 0 Å². The Morgan fingerprint density at radius 1 is 1.30 bits per heavy atom. The number of nitrogens with zero attached hydrogens (tertiary/aromatic N) is 1. The number of rotatable bonds is 5. The Balaban J connectivity index is 1.72. The van der Waals surface area contributed by atoms with Crippen molar-refractivity contribution in [2.24, 2.45) is 5.10 Å². The first-order valence-electron chi connectivity index (χ1n) is 8.79. The van der Waals surface area contributed by atoms with Crippen LogP contribution >= 0.6 is 11.3 Å². The van der Waals surface area contributed by atoms with Gasteiger partial charge in [-0.3, -0.25) is 5.32 Å². The minimum atomic E-state index is -0.564. The summed E-state index contributed by atoms with van der Waals surface area (Å²) in [7, 11) is 0. The fourth-order valence-electron chi connectivity index (χ4n) is 2.96. The van der Waals surface area contributed by atoms with Crippen LogP contribution in [0.5, 0.6) is 5.75 Å². The van der Waals surface area contributed by atoms with Gasteiger partial charge in [0.05, 0.1) is 18.4 Å². The molecule has 1 heterocycles. The third-order valence-corrected chi connectivity index (χ3v) is 5.39. The van der Waals surface area contributed by atoms with Gasteiger partial charge < -0.3 is 9.84 Å². The van der Waals surface area contributed by atoms with E-state index in [1.807, 2.05) is 0 Å². The van der Waals surface area contributed by atoms with Crippen molar-refractivity contribution in [1.82, 2.24) is 5.43 Å². The minimum absolute atomic E-state index is 0.0685. The number of phenolic OH excluding ortho intramolecular Hbond substituents is 1. The van der Waals surface area contributed by atoms with E-state index < -0.39 is 12.0 Å². The summed E-state index contributed by atoms with van der Waals surface area (Å²) < 4.78 is 5.17. The van der Waals surface area contributed by atoms with Gasteiger partial charge in [0.15, 0.2) is 0 Å². The van der Waals surface area contributed by atoms with Crippen molar-refractivity contribution < 1.29 is 19.4 Å². The van der Waals surface area contributed by atoms with Crippen molar-refractivity contribution in [3.63, 3.8) is 0 Å². The fourth-order valence-corrected chi connectivity index (χ4v) is 4.23. The average molecular weight is 387 g/mol. The van der Waals surface area contributed by atoms with Gasteiger partial charge in [-0.15, -0.1) is 11.3 Å². The Labute approximate surface area is 161 Å². The van der Waals surface area contributed by atoms with E-state index in [2.05, 4.69) is 15.8 Å². The molecule has 8 heteroatoms. The molecular weight excluding hydrogens is 366 g/mol. The van der Waals surface area contributed by atoms with Crippen LogP contribution in [0.3, 0.4) is 0 Å². The molecule has 0 atom stereocenters. The number of nitrogens with one attached hydrogen (secondary N) is 2. The summed E-state index contributed by atoms with van der Waals surface area (Å²) >= 11 is 1.41. The molecule has 1 aliphatic carbocycles. The first-order chi connectivity index (χ1) is 13.1. The molecule has 3 N–H and O–H groups in total. The molecule has 142 valence electrons.